The molecule has 0 bridgehead atoms. The summed E-state index contributed by atoms with van der Waals surface area (Å²) in [6, 6.07) is 20.3. The van der Waals surface area contributed by atoms with Crippen molar-refractivity contribution in [3.63, 3.8) is 0 Å². The highest BCUT2D eigenvalue weighted by atomic mass is 16.5. The minimum Gasteiger partial charge on any atom is -0.497 e. The number of benzene rings is 2. The van der Waals surface area contributed by atoms with E-state index in [-0.39, 0.29) is 11.8 Å². The van der Waals surface area contributed by atoms with Gasteiger partial charge in [-0.2, -0.15) is 5.10 Å². The Labute approximate surface area is 171 Å². The summed E-state index contributed by atoms with van der Waals surface area (Å²) in [6.45, 7) is 0.544. The summed E-state index contributed by atoms with van der Waals surface area (Å²) in [5.74, 6) is 1.53. The molecular formula is C24H27N3O2. The van der Waals surface area contributed by atoms with Crippen molar-refractivity contribution in [1.29, 1.82) is 0 Å². The van der Waals surface area contributed by atoms with E-state index >= 15 is 0 Å². The van der Waals surface area contributed by atoms with E-state index in [1.54, 1.807) is 12.0 Å². The molecule has 0 radical (unpaired) electrons. The Morgan fingerprint density at radius 3 is 2.48 bits per heavy atom. The number of amides is 1. The molecule has 1 amide bonds. The van der Waals surface area contributed by atoms with Gasteiger partial charge in [0.15, 0.2) is 0 Å². The topological polar surface area (TPSA) is 58.2 Å². The van der Waals surface area contributed by atoms with Gasteiger partial charge in [-0.3, -0.25) is 9.89 Å². The molecule has 2 aromatic carbocycles. The number of methoxy groups -OCH3 is 1. The monoisotopic (exact) mass is 389 g/mol. The second-order valence-electron chi connectivity index (χ2n) is 7.78. The normalized spacial score (nSPS) is 14.4. The maximum absolute atomic E-state index is 13.0. The van der Waals surface area contributed by atoms with Gasteiger partial charge in [-0.05, 0) is 42.2 Å². The summed E-state index contributed by atoms with van der Waals surface area (Å²) in [7, 11) is 3.52. The molecule has 1 heterocycles. The van der Waals surface area contributed by atoms with E-state index in [2.05, 4.69) is 28.4 Å². The summed E-state index contributed by atoms with van der Waals surface area (Å²) in [6.07, 6.45) is 2.86. The van der Waals surface area contributed by atoms with Crippen molar-refractivity contribution < 1.29 is 9.53 Å². The van der Waals surface area contributed by atoms with Gasteiger partial charge < -0.3 is 9.64 Å². The maximum atomic E-state index is 13.0. The van der Waals surface area contributed by atoms with E-state index in [4.69, 9.17) is 4.74 Å². The predicted molar refractivity (Wildman–Crippen MR) is 113 cm³/mol. The van der Waals surface area contributed by atoms with E-state index in [1.807, 2.05) is 49.5 Å². The fourth-order valence-electron chi connectivity index (χ4n) is 3.67. The van der Waals surface area contributed by atoms with E-state index in [9.17, 15) is 4.79 Å². The Morgan fingerprint density at radius 2 is 1.83 bits per heavy atom. The van der Waals surface area contributed by atoms with Crippen LogP contribution < -0.4 is 4.74 Å². The molecule has 0 spiro atoms. The number of aromatic amines is 1. The summed E-state index contributed by atoms with van der Waals surface area (Å²) >= 11 is 0. The quantitative estimate of drug-likeness (QED) is 0.618. The molecule has 5 nitrogen and oxygen atoms in total. The van der Waals surface area contributed by atoms with Gasteiger partial charge >= 0.3 is 0 Å². The number of hydrogen-bond donors (Lipinski definition) is 1. The number of H-pyrrole nitrogens is 1. The SMILES string of the molecule is COc1ccc([C@H](CC(=O)N(C)Cc2cc(C3CC3)n[nH]2)c2ccccc2)cc1. The summed E-state index contributed by atoms with van der Waals surface area (Å²) in [5.41, 5.74) is 4.36. The standard InChI is InChI=1S/C24H27N3O2/c1-27(16-20-14-23(26-25-20)19-8-9-19)24(28)15-22(17-6-4-3-5-7-17)18-10-12-21(29-2)13-11-18/h3-7,10-14,19,22H,8-9,15-16H2,1-2H3,(H,25,26)/t22-/m1/s1. The average molecular weight is 389 g/mol. The Kier molecular flexibility index (Phi) is 5.65. The van der Waals surface area contributed by atoms with Gasteiger partial charge in [-0.1, -0.05) is 42.5 Å². The molecule has 1 aliphatic rings. The molecular weight excluding hydrogens is 362 g/mol. The van der Waals surface area contributed by atoms with Crippen LogP contribution in [0.15, 0.2) is 60.7 Å². The first kappa shape index (κ1) is 19.2. The molecule has 0 aliphatic heterocycles. The van der Waals surface area contributed by atoms with E-state index in [0.717, 1.165) is 28.3 Å². The molecule has 0 unspecified atom stereocenters. The van der Waals surface area contributed by atoms with Crippen molar-refractivity contribution in [1.82, 2.24) is 15.1 Å². The highest BCUT2D eigenvalue weighted by Gasteiger charge is 2.26. The van der Waals surface area contributed by atoms with Crippen LogP contribution in [0.3, 0.4) is 0 Å². The molecule has 1 atom stereocenters. The van der Waals surface area contributed by atoms with Crippen LogP contribution in [0.2, 0.25) is 0 Å². The van der Waals surface area contributed by atoms with Crippen molar-refractivity contribution in [3.05, 3.63) is 83.2 Å². The minimum atomic E-state index is 0.000785. The first-order chi connectivity index (χ1) is 14.1. The van der Waals surface area contributed by atoms with Crippen LogP contribution in [0, 0.1) is 0 Å². The van der Waals surface area contributed by atoms with Crippen molar-refractivity contribution in [3.8, 4) is 5.75 Å². The number of nitrogens with one attached hydrogen (secondary N) is 1. The Morgan fingerprint density at radius 1 is 1.14 bits per heavy atom. The zero-order valence-electron chi connectivity index (χ0n) is 17.0. The number of rotatable bonds is 8. The lowest BCUT2D eigenvalue weighted by Crippen LogP contribution is -2.28. The lowest BCUT2D eigenvalue weighted by atomic mass is 9.88. The molecule has 3 aromatic rings. The number of carbonyl (C=O) groups is 1. The fraction of sp³-hybridized carbons (Fsp3) is 0.333. The summed E-state index contributed by atoms with van der Waals surface area (Å²) in [4.78, 5) is 14.8. The van der Waals surface area contributed by atoms with Gasteiger partial charge in [-0.15, -0.1) is 0 Å². The largest absolute Gasteiger partial charge is 0.497 e. The molecule has 1 fully saturated rings. The summed E-state index contributed by atoms with van der Waals surface area (Å²) in [5, 5.41) is 7.47. The van der Waals surface area contributed by atoms with Gasteiger partial charge in [0.2, 0.25) is 5.91 Å². The first-order valence-electron chi connectivity index (χ1n) is 10.1. The lowest BCUT2D eigenvalue weighted by molar-refractivity contribution is -0.130. The van der Waals surface area contributed by atoms with Gasteiger partial charge in [0.1, 0.15) is 5.75 Å². The minimum absolute atomic E-state index is 0.000785. The summed E-state index contributed by atoms with van der Waals surface area (Å²) < 4.78 is 5.28. The molecule has 1 aliphatic carbocycles. The van der Waals surface area contributed by atoms with Crippen LogP contribution >= 0.6 is 0 Å². The second kappa shape index (κ2) is 8.52. The Bertz CT molecular complexity index is 946. The predicted octanol–water partition coefficient (Wildman–Crippen LogP) is 4.48. The van der Waals surface area contributed by atoms with Crippen molar-refractivity contribution >= 4 is 5.91 Å². The van der Waals surface area contributed by atoms with Crippen molar-refractivity contribution in [2.45, 2.75) is 37.6 Å². The highest BCUT2D eigenvalue weighted by molar-refractivity contribution is 5.77. The molecule has 29 heavy (non-hydrogen) atoms. The molecule has 5 heteroatoms. The Balaban J connectivity index is 1.48. The van der Waals surface area contributed by atoms with Crippen LogP contribution in [0.5, 0.6) is 5.75 Å². The van der Waals surface area contributed by atoms with Crippen molar-refractivity contribution in [2.24, 2.45) is 0 Å². The van der Waals surface area contributed by atoms with Crippen molar-refractivity contribution in [2.75, 3.05) is 14.2 Å². The third kappa shape index (κ3) is 4.67. The van der Waals surface area contributed by atoms with Crippen LogP contribution in [-0.4, -0.2) is 35.2 Å². The Hall–Kier alpha value is -3.08. The second-order valence-corrected chi connectivity index (χ2v) is 7.78. The number of hydrogen-bond acceptors (Lipinski definition) is 3. The fourth-order valence-corrected chi connectivity index (χ4v) is 3.67. The van der Waals surface area contributed by atoms with Gasteiger partial charge in [0, 0.05) is 25.3 Å². The highest BCUT2D eigenvalue weighted by Crippen LogP contribution is 2.39. The van der Waals surface area contributed by atoms with E-state index < -0.39 is 0 Å². The first-order valence-corrected chi connectivity index (χ1v) is 10.1. The number of carbonyl (C=O) groups excluding carboxylic acids is 1. The number of ether oxygens (including phenoxy) is 1. The smallest absolute Gasteiger partial charge is 0.223 e. The molecule has 150 valence electrons. The average Bonchev–Trinajstić information content (AvgIpc) is 3.51. The number of nitrogens with zero attached hydrogens (tertiary/aromatic N) is 2. The third-order valence-electron chi connectivity index (χ3n) is 5.58. The van der Waals surface area contributed by atoms with Gasteiger partial charge in [-0.25, -0.2) is 0 Å². The van der Waals surface area contributed by atoms with Crippen LogP contribution in [0.1, 0.15) is 53.6 Å². The maximum Gasteiger partial charge on any atom is 0.223 e. The zero-order valence-corrected chi connectivity index (χ0v) is 17.0. The third-order valence-corrected chi connectivity index (χ3v) is 5.58. The molecule has 0 saturated heterocycles. The molecule has 1 saturated carbocycles. The number of aromatic nitrogens is 2. The van der Waals surface area contributed by atoms with Gasteiger partial charge in [0.25, 0.3) is 0 Å². The van der Waals surface area contributed by atoms with Crippen LogP contribution in [-0.2, 0) is 11.3 Å². The van der Waals surface area contributed by atoms with E-state index in [0.29, 0.717) is 18.9 Å². The van der Waals surface area contributed by atoms with Crippen LogP contribution in [0.4, 0.5) is 0 Å². The zero-order chi connectivity index (χ0) is 20.2. The lowest BCUT2D eigenvalue weighted by Gasteiger charge is -2.22. The molecule has 4 rings (SSSR count). The molecule has 1 N–H and O–H groups in total. The van der Waals surface area contributed by atoms with E-state index in [1.165, 1.54) is 12.8 Å². The van der Waals surface area contributed by atoms with Gasteiger partial charge in [0.05, 0.1) is 25.0 Å². The van der Waals surface area contributed by atoms with Crippen LogP contribution in [0.25, 0.3) is 0 Å². The molecule has 1 aromatic heterocycles.